The van der Waals surface area contributed by atoms with E-state index in [0.29, 0.717) is 32.2 Å². The molecule has 2 heterocycles. The summed E-state index contributed by atoms with van der Waals surface area (Å²) < 4.78 is 34.6. The zero-order valence-electron chi connectivity index (χ0n) is 35.7. The van der Waals surface area contributed by atoms with Gasteiger partial charge in [0.25, 0.3) is 10.1 Å². The second-order valence-electron chi connectivity index (χ2n) is 17.2. The summed E-state index contributed by atoms with van der Waals surface area (Å²) >= 11 is 0. The Kier molecular flexibility index (Phi) is 14.0. The van der Waals surface area contributed by atoms with Gasteiger partial charge in [-0.15, -0.1) is 0 Å². The number of aliphatic carboxylic acids is 1. The van der Waals surface area contributed by atoms with E-state index >= 15 is 0 Å². The van der Waals surface area contributed by atoms with Gasteiger partial charge in [-0.2, -0.15) is 13.0 Å². The number of hydrogen-bond acceptors (Lipinski definition) is 5. The minimum Gasteiger partial charge on any atom is -0.481 e. The van der Waals surface area contributed by atoms with E-state index in [9.17, 15) is 22.6 Å². The van der Waals surface area contributed by atoms with Crippen LogP contribution in [0.4, 0.5) is 11.4 Å². The first-order chi connectivity index (χ1) is 28.6. The van der Waals surface area contributed by atoms with Crippen LogP contribution in [0.25, 0.3) is 21.5 Å². The largest absolute Gasteiger partial charge is 0.481 e. The lowest BCUT2D eigenvalue weighted by molar-refractivity contribution is -0.438. The number of allylic oxidation sites excluding steroid dienone is 8. The molecular formula is C50H60N3O6S+. The topological polar surface area (TPSA) is 127 Å². The summed E-state index contributed by atoms with van der Waals surface area (Å²) in [6, 6.07) is 25.6. The van der Waals surface area contributed by atoms with Gasteiger partial charge in [0.15, 0.2) is 5.71 Å². The lowest BCUT2D eigenvalue weighted by Crippen LogP contribution is -2.32. The zero-order chi connectivity index (χ0) is 43.1. The Bertz CT molecular complexity index is 2510. The molecule has 1 amide bonds. The van der Waals surface area contributed by atoms with Crippen LogP contribution in [-0.2, 0) is 30.5 Å². The molecule has 0 radical (unpaired) electrons. The van der Waals surface area contributed by atoms with Crippen LogP contribution in [0.2, 0.25) is 0 Å². The van der Waals surface area contributed by atoms with Gasteiger partial charge in [0.05, 0.1) is 11.2 Å². The average Bonchev–Trinajstić information content (AvgIpc) is 3.55. The van der Waals surface area contributed by atoms with Crippen molar-refractivity contribution in [3.8, 4) is 0 Å². The molecule has 60 heavy (non-hydrogen) atoms. The van der Waals surface area contributed by atoms with E-state index in [-0.39, 0.29) is 35.0 Å². The number of carboxylic acid groups (broad SMARTS) is 1. The van der Waals surface area contributed by atoms with Gasteiger partial charge in [0.2, 0.25) is 11.6 Å². The van der Waals surface area contributed by atoms with Crippen LogP contribution in [0.3, 0.4) is 0 Å². The lowest BCUT2D eigenvalue weighted by atomic mass is 9.79. The van der Waals surface area contributed by atoms with Crippen LogP contribution in [0.5, 0.6) is 0 Å². The first kappa shape index (κ1) is 44.2. The first-order valence-corrected chi connectivity index (χ1v) is 22.9. The highest BCUT2D eigenvalue weighted by atomic mass is 32.2. The van der Waals surface area contributed by atoms with Gasteiger partial charge in [-0.1, -0.05) is 98.8 Å². The molecule has 0 saturated heterocycles. The van der Waals surface area contributed by atoms with E-state index in [4.69, 9.17) is 5.11 Å². The number of nitrogens with one attached hydrogen (secondary N) is 1. The number of amides is 1. The van der Waals surface area contributed by atoms with Crippen molar-refractivity contribution in [2.45, 2.75) is 103 Å². The van der Waals surface area contributed by atoms with E-state index in [2.05, 4.69) is 146 Å². The maximum absolute atomic E-state index is 12.5. The lowest BCUT2D eigenvalue weighted by Gasteiger charge is -2.27. The molecule has 0 bridgehead atoms. The van der Waals surface area contributed by atoms with Gasteiger partial charge in [-0.3, -0.25) is 14.1 Å². The maximum Gasteiger partial charge on any atom is 0.303 e. The molecule has 0 spiro atoms. The molecule has 0 fully saturated rings. The van der Waals surface area contributed by atoms with Crippen LogP contribution in [-0.4, -0.2) is 65.1 Å². The fourth-order valence-corrected chi connectivity index (χ4v) is 9.65. The van der Waals surface area contributed by atoms with Crippen molar-refractivity contribution < 1.29 is 32.2 Å². The average molecular weight is 831 g/mol. The minimum absolute atomic E-state index is 0.0315. The third kappa shape index (κ3) is 10.2. The molecule has 9 nitrogen and oxygen atoms in total. The molecular weight excluding hydrogens is 771 g/mol. The van der Waals surface area contributed by atoms with Crippen LogP contribution in [0, 0.1) is 0 Å². The second kappa shape index (κ2) is 18.9. The Labute approximate surface area is 355 Å². The number of nitrogens with zero attached hydrogens (tertiary/aromatic N) is 2. The van der Waals surface area contributed by atoms with Crippen molar-refractivity contribution in [2.24, 2.45) is 0 Å². The van der Waals surface area contributed by atoms with E-state index in [1.807, 2.05) is 19.1 Å². The number of benzene rings is 4. The Morgan fingerprint density at radius 3 is 2.12 bits per heavy atom. The number of carbonyl (C=O) groups excluding carboxylic acids is 1. The fraction of sp³-hybridized carbons (Fsp3) is 0.380. The van der Waals surface area contributed by atoms with E-state index in [1.165, 1.54) is 44.1 Å². The summed E-state index contributed by atoms with van der Waals surface area (Å²) in [5.74, 6) is -1.13. The standard InChI is InChI=1S/C50H59N3O6S/c1-36(27-32-46(55)56)51-45(54)26-12-9-17-33-52-41-30-28-37-20-13-15-22-39(37)47(41)49(2,3)43(52)24-10-7-6-8-11-25-44-50(4,5)48-40-23-16-14-21-38(40)29-31-42(48)53(44)34-18-19-35-60(57,58)59/h6-8,10-11,13-16,20-25,28-31,36H,9,12,17-19,26-27,32-35H2,1-5H3,(H2-,51,54,55,56,57,58,59)/p+1. The summed E-state index contributed by atoms with van der Waals surface area (Å²) in [5.41, 5.74) is 6.74. The smallest absolute Gasteiger partial charge is 0.303 e. The monoisotopic (exact) mass is 830 g/mol. The molecule has 0 aromatic heterocycles. The SMILES string of the molecule is CC(CCC(=O)O)NC(=O)CCCCC[N+]1=C(C=CC=CC=CC=C2N(CCCCS(=O)(=O)O)c3ccc4ccccc4c3C2(C)C)C(C)(C)c2c1ccc1ccccc21. The molecule has 2 aliphatic heterocycles. The van der Waals surface area contributed by atoms with Crippen LogP contribution >= 0.6 is 0 Å². The number of carbonyl (C=O) groups is 2. The van der Waals surface area contributed by atoms with Crippen molar-refractivity contribution in [3.05, 3.63) is 132 Å². The van der Waals surface area contributed by atoms with Crippen molar-refractivity contribution >= 4 is 60.6 Å². The Morgan fingerprint density at radius 2 is 1.42 bits per heavy atom. The molecule has 6 rings (SSSR count). The third-order valence-electron chi connectivity index (χ3n) is 12.0. The van der Waals surface area contributed by atoms with Gasteiger partial charge in [0.1, 0.15) is 6.54 Å². The second-order valence-corrected chi connectivity index (χ2v) is 18.8. The maximum atomic E-state index is 12.5. The number of rotatable bonds is 19. The summed E-state index contributed by atoms with van der Waals surface area (Å²) in [6.45, 7) is 12.4. The normalized spacial score (nSPS) is 17.2. The Hall–Kier alpha value is -5.32. The zero-order valence-corrected chi connectivity index (χ0v) is 36.5. The summed E-state index contributed by atoms with van der Waals surface area (Å²) in [6.07, 6.45) is 19.2. The van der Waals surface area contributed by atoms with Crippen molar-refractivity contribution in [1.29, 1.82) is 0 Å². The van der Waals surface area contributed by atoms with E-state index in [1.54, 1.807) is 0 Å². The molecule has 0 aliphatic carbocycles. The van der Waals surface area contributed by atoms with E-state index < -0.39 is 16.1 Å². The predicted octanol–water partition coefficient (Wildman–Crippen LogP) is 10.3. The summed E-state index contributed by atoms with van der Waals surface area (Å²) in [7, 11) is -4.01. The number of fused-ring (bicyclic) bond motifs is 6. The Balaban J connectivity index is 1.18. The van der Waals surface area contributed by atoms with E-state index in [0.717, 1.165) is 37.2 Å². The van der Waals surface area contributed by atoms with Gasteiger partial charge < -0.3 is 15.3 Å². The number of unbranched alkanes of at least 4 members (excludes halogenated alkanes) is 3. The number of carboxylic acids is 1. The molecule has 4 aromatic rings. The predicted molar refractivity (Wildman–Crippen MR) is 245 cm³/mol. The molecule has 0 saturated carbocycles. The quantitative estimate of drug-likeness (QED) is 0.0372. The highest BCUT2D eigenvalue weighted by molar-refractivity contribution is 7.85. The van der Waals surface area contributed by atoms with Crippen molar-refractivity contribution in [2.75, 3.05) is 23.7 Å². The van der Waals surface area contributed by atoms with Gasteiger partial charge >= 0.3 is 5.97 Å². The molecule has 4 aromatic carbocycles. The number of anilines is 1. The number of hydrogen-bond donors (Lipinski definition) is 3. The van der Waals surface area contributed by atoms with Crippen LogP contribution in [0.15, 0.2) is 121 Å². The van der Waals surface area contributed by atoms with Crippen LogP contribution < -0.4 is 10.2 Å². The highest BCUT2D eigenvalue weighted by Gasteiger charge is 2.45. The van der Waals surface area contributed by atoms with Gasteiger partial charge in [0, 0.05) is 66.4 Å². The molecule has 316 valence electrons. The van der Waals surface area contributed by atoms with Crippen molar-refractivity contribution in [1.82, 2.24) is 5.32 Å². The summed E-state index contributed by atoms with van der Waals surface area (Å²) in [5, 5.41) is 16.7. The molecule has 10 heteroatoms. The molecule has 1 atom stereocenters. The molecule has 1 unspecified atom stereocenters. The molecule has 2 aliphatic rings. The third-order valence-corrected chi connectivity index (χ3v) is 12.8. The molecule has 3 N–H and O–H groups in total. The van der Waals surface area contributed by atoms with Crippen molar-refractivity contribution in [3.63, 3.8) is 0 Å². The summed E-state index contributed by atoms with van der Waals surface area (Å²) in [4.78, 5) is 25.7. The first-order valence-electron chi connectivity index (χ1n) is 21.2. The van der Waals surface area contributed by atoms with Gasteiger partial charge in [-0.25, -0.2) is 0 Å². The Morgan fingerprint density at radius 1 is 0.767 bits per heavy atom. The van der Waals surface area contributed by atoms with Crippen LogP contribution in [0.1, 0.15) is 97.1 Å². The highest BCUT2D eigenvalue weighted by Crippen LogP contribution is 2.51. The minimum atomic E-state index is -4.01. The van der Waals surface area contributed by atoms with Gasteiger partial charge in [-0.05, 0) is 98.2 Å². The fourth-order valence-electron chi connectivity index (χ4n) is 9.08.